The molecule has 27 heavy (non-hydrogen) atoms. The number of nitriles is 1. The van der Waals surface area contributed by atoms with Crippen LogP contribution < -0.4 is 4.90 Å². The Morgan fingerprint density at radius 1 is 1.15 bits per heavy atom. The zero-order valence-corrected chi connectivity index (χ0v) is 14.5. The minimum absolute atomic E-state index is 0.00424. The number of hydrogen-bond donors (Lipinski definition) is 0. The molecule has 0 saturated carbocycles. The lowest BCUT2D eigenvalue weighted by Crippen LogP contribution is -2.33. The number of carbonyl (C=O) groups excluding carboxylic acids is 2. The average molecular weight is 362 g/mol. The van der Waals surface area contributed by atoms with Crippen LogP contribution in [0.25, 0.3) is 5.52 Å². The fraction of sp³-hybridized carbons (Fsp3) is 0.150. The van der Waals surface area contributed by atoms with Crippen molar-refractivity contribution in [3.63, 3.8) is 0 Å². The summed E-state index contributed by atoms with van der Waals surface area (Å²) in [6, 6.07) is 11.9. The first kappa shape index (κ1) is 16.8. The number of pyridine rings is 1. The smallest absolute Gasteiger partial charge is 0.322 e. The third-order valence-electron chi connectivity index (χ3n) is 4.75. The van der Waals surface area contributed by atoms with E-state index in [1.165, 1.54) is 29.2 Å². The van der Waals surface area contributed by atoms with Crippen LogP contribution in [-0.4, -0.2) is 27.3 Å². The highest BCUT2D eigenvalue weighted by Crippen LogP contribution is 2.28. The molecule has 1 atom stereocenters. The first-order valence-electron chi connectivity index (χ1n) is 8.40. The summed E-state index contributed by atoms with van der Waals surface area (Å²) in [6.07, 6.45) is 3.56. The van der Waals surface area contributed by atoms with Gasteiger partial charge >= 0.3 is 6.03 Å². The van der Waals surface area contributed by atoms with Crippen molar-refractivity contribution in [3.05, 3.63) is 71.8 Å². The van der Waals surface area contributed by atoms with E-state index in [9.17, 15) is 19.2 Å². The maximum Gasteiger partial charge on any atom is 0.332 e. The van der Waals surface area contributed by atoms with Crippen LogP contribution in [0.1, 0.15) is 18.1 Å². The lowest BCUT2D eigenvalue weighted by Gasteiger charge is -2.19. The van der Waals surface area contributed by atoms with Gasteiger partial charge in [-0.05, 0) is 43.3 Å². The molecular weight excluding hydrogens is 347 g/mol. The van der Waals surface area contributed by atoms with Gasteiger partial charge in [-0.2, -0.15) is 5.26 Å². The Morgan fingerprint density at radius 3 is 2.59 bits per heavy atom. The Morgan fingerprint density at radius 2 is 1.89 bits per heavy atom. The van der Waals surface area contributed by atoms with Gasteiger partial charge in [-0.1, -0.05) is 6.07 Å². The number of rotatable bonds is 3. The predicted molar refractivity (Wildman–Crippen MR) is 96.4 cm³/mol. The van der Waals surface area contributed by atoms with Crippen molar-refractivity contribution < 1.29 is 14.0 Å². The fourth-order valence-electron chi connectivity index (χ4n) is 3.40. The topological polar surface area (TPSA) is 68.8 Å². The lowest BCUT2D eigenvalue weighted by molar-refractivity contribution is -0.127. The van der Waals surface area contributed by atoms with E-state index >= 15 is 0 Å². The number of carbonyl (C=O) groups is 2. The highest BCUT2D eigenvalue weighted by atomic mass is 19.1. The molecule has 1 aromatic carbocycles. The number of halogens is 1. The molecule has 1 unspecified atom stereocenters. The molecule has 0 bridgehead atoms. The summed E-state index contributed by atoms with van der Waals surface area (Å²) in [5, 5.41) is 9.52. The van der Waals surface area contributed by atoms with E-state index in [0.29, 0.717) is 16.8 Å². The fourth-order valence-corrected chi connectivity index (χ4v) is 3.40. The molecule has 3 heterocycles. The van der Waals surface area contributed by atoms with Crippen LogP contribution in [0.2, 0.25) is 0 Å². The van der Waals surface area contributed by atoms with Crippen molar-refractivity contribution in [1.29, 1.82) is 5.26 Å². The summed E-state index contributed by atoms with van der Waals surface area (Å²) in [4.78, 5) is 28.0. The van der Waals surface area contributed by atoms with Crippen LogP contribution in [0.5, 0.6) is 0 Å². The second-order valence-electron chi connectivity index (χ2n) is 6.36. The summed E-state index contributed by atoms with van der Waals surface area (Å²) < 4.78 is 15.0. The van der Waals surface area contributed by atoms with E-state index in [2.05, 4.69) is 6.07 Å². The second-order valence-corrected chi connectivity index (χ2v) is 6.36. The predicted octanol–water partition coefficient (Wildman–Crippen LogP) is 3.31. The molecule has 0 spiro atoms. The van der Waals surface area contributed by atoms with Gasteiger partial charge in [0, 0.05) is 23.6 Å². The number of anilines is 1. The Labute approximate surface area is 154 Å². The van der Waals surface area contributed by atoms with Gasteiger partial charge in [0.25, 0.3) is 5.91 Å². The average Bonchev–Trinajstić information content (AvgIpc) is 3.13. The van der Waals surface area contributed by atoms with Gasteiger partial charge in [0.1, 0.15) is 17.9 Å². The number of fused-ring (bicyclic) bond motifs is 1. The number of hydrogen-bond acceptors (Lipinski definition) is 3. The van der Waals surface area contributed by atoms with E-state index in [0.717, 1.165) is 10.4 Å². The van der Waals surface area contributed by atoms with Crippen molar-refractivity contribution in [1.82, 2.24) is 9.30 Å². The van der Waals surface area contributed by atoms with Crippen LogP contribution in [0.4, 0.5) is 14.9 Å². The van der Waals surface area contributed by atoms with Crippen LogP contribution >= 0.6 is 0 Å². The second kappa shape index (κ2) is 6.25. The molecule has 6 nitrogen and oxygen atoms in total. The molecule has 1 aliphatic heterocycles. The molecule has 0 radical (unpaired) electrons. The number of benzene rings is 1. The van der Waals surface area contributed by atoms with Crippen LogP contribution in [0.3, 0.4) is 0 Å². The van der Waals surface area contributed by atoms with Crippen molar-refractivity contribution >= 4 is 23.1 Å². The number of amides is 3. The molecule has 7 heteroatoms. The molecule has 1 fully saturated rings. The number of aromatic nitrogens is 1. The molecule has 0 N–H and O–H groups in total. The quantitative estimate of drug-likeness (QED) is 0.671. The molecule has 134 valence electrons. The van der Waals surface area contributed by atoms with Gasteiger partial charge in [0.2, 0.25) is 0 Å². The van der Waals surface area contributed by atoms with E-state index in [1.807, 2.05) is 18.2 Å². The maximum absolute atomic E-state index is 13.2. The van der Waals surface area contributed by atoms with Gasteiger partial charge in [-0.15, -0.1) is 0 Å². The molecule has 0 aliphatic carbocycles. The third kappa shape index (κ3) is 2.62. The van der Waals surface area contributed by atoms with Gasteiger partial charge in [-0.3, -0.25) is 14.6 Å². The van der Waals surface area contributed by atoms with E-state index in [4.69, 9.17) is 0 Å². The van der Waals surface area contributed by atoms with Crippen molar-refractivity contribution in [2.24, 2.45) is 0 Å². The number of urea groups is 1. The zero-order valence-electron chi connectivity index (χ0n) is 14.5. The van der Waals surface area contributed by atoms with E-state index < -0.39 is 17.9 Å². The molecule has 4 rings (SSSR count). The molecule has 1 saturated heterocycles. The summed E-state index contributed by atoms with van der Waals surface area (Å²) >= 11 is 0. The van der Waals surface area contributed by atoms with Gasteiger partial charge in [0.15, 0.2) is 0 Å². The SMILES string of the molecule is CC1C(=O)N(Cc2cn3ccccc3c2C#N)C(=O)N1c1ccc(F)cc1. The van der Waals surface area contributed by atoms with Crippen molar-refractivity contribution in [2.45, 2.75) is 19.5 Å². The Hall–Kier alpha value is -3.66. The first-order chi connectivity index (χ1) is 13.0. The minimum Gasteiger partial charge on any atom is -0.322 e. The van der Waals surface area contributed by atoms with Crippen LogP contribution in [-0.2, 0) is 11.3 Å². The highest BCUT2D eigenvalue weighted by molar-refractivity contribution is 6.14. The van der Waals surface area contributed by atoms with E-state index in [1.54, 1.807) is 23.7 Å². The molecule has 3 aromatic rings. The number of imide groups is 1. The van der Waals surface area contributed by atoms with Crippen molar-refractivity contribution in [3.8, 4) is 6.07 Å². The molecular formula is C20H15FN4O2. The van der Waals surface area contributed by atoms with Crippen LogP contribution in [0.15, 0.2) is 54.9 Å². The normalized spacial score (nSPS) is 17.0. The highest BCUT2D eigenvalue weighted by Gasteiger charge is 2.43. The largest absolute Gasteiger partial charge is 0.332 e. The molecule has 3 amide bonds. The Kier molecular flexibility index (Phi) is 3.89. The summed E-state index contributed by atoms with van der Waals surface area (Å²) in [6.45, 7) is 1.63. The Bertz CT molecular complexity index is 1100. The summed E-state index contributed by atoms with van der Waals surface area (Å²) in [5.74, 6) is -0.774. The minimum atomic E-state index is -0.703. The van der Waals surface area contributed by atoms with Crippen molar-refractivity contribution in [2.75, 3.05) is 4.90 Å². The molecule has 1 aliphatic rings. The zero-order chi connectivity index (χ0) is 19.1. The summed E-state index contributed by atoms with van der Waals surface area (Å²) in [5.41, 5.74) is 2.20. The van der Waals surface area contributed by atoms with Crippen LogP contribution in [0, 0.1) is 17.1 Å². The monoisotopic (exact) mass is 362 g/mol. The van der Waals surface area contributed by atoms with E-state index in [-0.39, 0.29) is 12.5 Å². The summed E-state index contributed by atoms with van der Waals surface area (Å²) in [7, 11) is 0. The van der Waals surface area contributed by atoms with Gasteiger partial charge in [-0.25, -0.2) is 9.18 Å². The standard InChI is InChI=1S/C20H15FN4O2/c1-13-19(26)24(20(27)25(13)16-7-5-15(21)6-8-16)12-14-11-23-9-3-2-4-18(23)17(14)10-22/h2-9,11,13H,12H2,1H3. The molecule has 2 aromatic heterocycles. The van der Waals surface area contributed by atoms with Gasteiger partial charge < -0.3 is 4.40 Å². The first-order valence-corrected chi connectivity index (χ1v) is 8.40. The lowest BCUT2D eigenvalue weighted by atomic mass is 10.1. The third-order valence-corrected chi connectivity index (χ3v) is 4.75. The Balaban J connectivity index is 1.69. The van der Waals surface area contributed by atoms with Gasteiger partial charge in [0.05, 0.1) is 17.6 Å². The maximum atomic E-state index is 13.2. The number of nitrogens with zero attached hydrogens (tertiary/aromatic N) is 4.